The number of anilines is 1. The van der Waals surface area contributed by atoms with Gasteiger partial charge in [0.1, 0.15) is 11.4 Å². The van der Waals surface area contributed by atoms with E-state index in [2.05, 4.69) is 15.6 Å². The molecule has 1 atom stereocenters. The molecule has 0 spiro atoms. The van der Waals surface area contributed by atoms with Gasteiger partial charge in [0.15, 0.2) is 5.96 Å². The number of fused-ring (bicyclic) bond motifs is 1. The molecular weight excluding hydrogens is 519 g/mol. The number of hydrogen-bond donors (Lipinski definition) is 3. The number of nitrogens with one attached hydrogen (secondary N) is 2. The van der Waals surface area contributed by atoms with Crippen LogP contribution in [0.5, 0.6) is 0 Å². The van der Waals surface area contributed by atoms with E-state index in [1.165, 1.54) is 10.6 Å². The van der Waals surface area contributed by atoms with Crippen LogP contribution in [0.15, 0.2) is 52.1 Å². The van der Waals surface area contributed by atoms with E-state index in [-0.39, 0.29) is 42.8 Å². The summed E-state index contributed by atoms with van der Waals surface area (Å²) in [5.74, 6) is 0.809. The highest BCUT2D eigenvalue weighted by Crippen LogP contribution is 2.29. The molecule has 1 aromatic carbocycles. The summed E-state index contributed by atoms with van der Waals surface area (Å²) in [6.07, 6.45) is 2.23. The molecule has 3 N–H and O–H groups in total. The van der Waals surface area contributed by atoms with Gasteiger partial charge in [0.2, 0.25) is 10.0 Å². The van der Waals surface area contributed by atoms with Gasteiger partial charge in [0.05, 0.1) is 24.2 Å². The Kier molecular flexibility index (Phi) is 8.56. The number of aliphatic hydroxyl groups is 1. The molecule has 1 aromatic heterocycles. The van der Waals surface area contributed by atoms with Crippen LogP contribution in [-0.4, -0.2) is 51.4 Å². The molecule has 0 saturated carbocycles. The molecule has 10 heteroatoms. The van der Waals surface area contributed by atoms with E-state index in [9.17, 15) is 13.5 Å². The molecule has 3 rings (SSSR count). The Morgan fingerprint density at radius 2 is 2.03 bits per heavy atom. The molecule has 0 amide bonds. The molecule has 0 saturated heterocycles. The topological polar surface area (TPSA) is 107 Å². The van der Waals surface area contributed by atoms with E-state index in [1.807, 2.05) is 31.2 Å². The highest BCUT2D eigenvalue weighted by molar-refractivity contribution is 14.0. The summed E-state index contributed by atoms with van der Waals surface area (Å²) in [6, 6.07) is 11.0. The molecule has 30 heavy (non-hydrogen) atoms. The first-order chi connectivity index (χ1) is 13.8. The van der Waals surface area contributed by atoms with Gasteiger partial charge < -0.3 is 20.2 Å². The van der Waals surface area contributed by atoms with Gasteiger partial charge >= 0.3 is 0 Å². The lowest BCUT2D eigenvalue weighted by Gasteiger charge is -2.21. The first kappa shape index (κ1) is 24.5. The number of nitrogens with zero attached hydrogens (tertiary/aromatic N) is 2. The second-order valence-electron chi connectivity index (χ2n) is 7.14. The van der Waals surface area contributed by atoms with Crippen molar-refractivity contribution in [2.45, 2.75) is 25.9 Å². The number of hydrogen-bond acceptors (Lipinski definition) is 5. The third kappa shape index (κ3) is 5.88. The fourth-order valence-corrected chi connectivity index (χ4v) is 4.67. The molecule has 0 aliphatic carbocycles. The van der Waals surface area contributed by atoms with Crippen LogP contribution >= 0.6 is 24.0 Å². The normalized spacial score (nSPS) is 15.8. The highest BCUT2D eigenvalue weighted by atomic mass is 127. The fourth-order valence-electron chi connectivity index (χ4n) is 3.24. The van der Waals surface area contributed by atoms with Crippen molar-refractivity contribution < 1.29 is 17.9 Å². The zero-order valence-electron chi connectivity index (χ0n) is 17.2. The fraction of sp³-hybridized carbons (Fsp3) is 0.450. The van der Waals surface area contributed by atoms with Crippen LogP contribution in [0.1, 0.15) is 25.2 Å². The third-order valence-corrected chi connectivity index (χ3v) is 6.54. The van der Waals surface area contributed by atoms with Crippen molar-refractivity contribution in [3.63, 3.8) is 0 Å². The minimum absolute atomic E-state index is 0. The summed E-state index contributed by atoms with van der Waals surface area (Å²) >= 11 is 0. The first-order valence-electron chi connectivity index (χ1n) is 9.70. The predicted molar refractivity (Wildman–Crippen MR) is 129 cm³/mol. The van der Waals surface area contributed by atoms with Gasteiger partial charge in [-0.1, -0.05) is 18.2 Å². The summed E-state index contributed by atoms with van der Waals surface area (Å²) in [4.78, 5) is 4.37. The Balaban J connectivity index is 0.00000320. The van der Waals surface area contributed by atoms with Gasteiger partial charge in [-0.15, -0.1) is 24.0 Å². The quantitative estimate of drug-likeness (QED) is 0.265. The second kappa shape index (κ2) is 10.5. The highest BCUT2D eigenvalue weighted by Gasteiger charge is 2.29. The van der Waals surface area contributed by atoms with Crippen molar-refractivity contribution in [1.29, 1.82) is 0 Å². The summed E-state index contributed by atoms with van der Waals surface area (Å²) in [7, 11) is -3.44. The molecule has 8 nitrogen and oxygen atoms in total. The predicted octanol–water partition coefficient (Wildman–Crippen LogP) is 2.05. The number of guanidine groups is 1. The smallest absolute Gasteiger partial charge is 0.236 e. The minimum Gasteiger partial charge on any atom is -0.466 e. The Bertz CT molecular complexity index is 945. The van der Waals surface area contributed by atoms with Crippen molar-refractivity contribution in [2.24, 2.45) is 4.99 Å². The van der Waals surface area contributed by atoms with Crippen molar-refractivity contribution in [3.8, 4) is 0 Å². The van der Waals surface area contributed by atoms with Crippen LogP contribution in [0, 0.1) is 0 Å². The maximum atomic E-state index is 12.8. The maximum absolute atomic E-state index is 12.8. The Hall–Kier alpha value is -1.79. The first-order valence-corrected chi connectivity index (χ1v) is 11.3. The van der Waals surface area contributed by atoms with Crippen molar-refractivity contribution in [2.75, 3.05) is 36.2 Å². The third-order valence-electron chi connectivity index (χ3n) is 4.77. The number of benzene rings is 1. The molecule has 2 aromatic rings. The van der Waals surface area contributed by atoms with Gasteiger partial charge in [-0.3, -0.25) is 4.31 Å². The van der Waals surface area contributed by atoms with E-state index in [1.54, 1.807) is 19.1 Å². The van der Waals surface area contributed by atoms with Crippen molar-refractivity contribution in [1.82, 2.24) is 10.6 Å². The van der Waals surface area contributed by atoms with E-state index >= 15 is 0 Å². The Morgan fingerprint density at radius 3 is 2.73 bits per heavy atom. The number of halogens is 1. The molecule has 0 bridgehead atoms. The van der Waals surface area contributed by atoms with Crippen LogP contribution in [0.25, 0.3) is 0 Å². The molecule has 0 fully saturated rings. The number of para-hydroxylation sites is 1. The zero-order chi connectivity index (χ0) is 20.9. The molecule has 1 aliphatic heterocycles. The molecule has 1 unspecified atom stereocenters. The van der Waals surface area contributed by atoms with Gasteiger partial charge in [0.25, 0.3) is 0 Å². The van der Waals surface area contributed by atoms with Gasteiger partial charge in [0, 0.05) is 19.6 Å². The Labute approximate surface area is 194 Å². The minimum atomic E-state index is -3.44. The standard InChI is InChI=1S/C20H28N4O4S.HI/c1-3-21-19(23-15-20(2,25)18-9-6-13-28-18)22-11-14-29(26,27)24-12-10-16-7-4-5-8-17(16)24;/h4-9,13,25H,3,10-12,14-15H2,1-2H3,(H2,21,22,23);1H. The summed E-state index contributed by atoms with van der Waals surface area (Å²) in [6.45, 7) is 4.90. The summed E-state index contributed by atoms with van der Waals surface area (Å²) in [5, 5.41) is 16.6. The van der Waals surface area contributed by atoms with Crippen LogP contribution in [0.2, 0.25) is 0 Å². The summed E-state index contributed by atoms with van der Waals surface area (Å²) in [5.41, 5.74) is 0.568. The van der Waals surface area contributed by atoms with Gasteiger partial charge in [-0.05, 0) is 44.0 Å². The second-order valence-corrected chi connectivity index (χ2v) is 9.15. The molecule has 1 aliphatic rings. The lowest BCUT2D eigenvalue weighted by Crippen LogP contribution is -2.42. The van der Waals surface area contributed by atoms with E-state index < -0.39 is 15.6 Å². The van der Waals surface area contributed by atoms with Crippen molar-refractivity contribution >= 4 is 45.6 Å². The lowest BCUT2D eigenvalue weighted by atomic mass is 10.0. The molecule has 166 valence electrons. The SMILES string of the molecule is CCNC(=NCC(C)(O)c1ccco1)NCCS(=O)(=O)N1CCc2ccccc21.I. The summed E-state index contributed by atoms with van der Waals surface area (Å²) < 4.78 is 32.3. The van der Waals surface area contributed by atoms with Crippen molar-refractivity contribution in [3.05, 3.63) is 54.0 Å². The van der Waals surface area contributed by atoms with Gasteiger partial charge in [-0.25, -0.2) is 13.4 Å². The number of aliphatic imine (C=N–C) groups is 1. The van der Waals surface area contributed by atoms with E-state index in [4.69, 9.17) is 4.42 Å². The average Bonchev–Trinajstić information content (AvgIpc) is 3.36. The molecule has 2 heterocycles. The van der Waals surface area contributed by atoms with Gasteiger partial charge in [-0.2, -0.15) is 0 Å². The zero-order valence-corrected chi connectivity index (χ0v) is 20.3. The molecule has 0 radical (unpaired) electrons. The number of sulfonamides is 1. The average molecular weight is 548 g/mol. The van der Waals surface area contributed by atoms with Crippen LogP contribution in [0.4, 0.5) is 5.69 Å². The van der Waals surface area contributed by atoms with Crippen LogP contribution in [0.3, 0.4) is 0 Å². The number of rotatable bonds is 8. The van der Waals surface area contributed by atoms with Crippen LogP contribution < -0.4 is 14.9 Å². The Morgan fingerprint density at radius 1 is 1.27 bits per heavy atom. The van der Waals surface area contributed by atoms with E-state index in [0.717, 1.165) is 17.7 Å². The van der Waals surface area contributed by atoms with Crippen LogP contribution in [-0.2, 0) is 22.0 Å². The number of furan rings is 1. The lowest BCUT2D eigenvalue weighted by molar-refractivity contribution is 0.0437. The molecular formula is C20H29IN4O4S. The maximum Gasteiger partial charge on any atom is 0.236 e. The van der Waals surface area contributed by atoms with E-state index in [0.29, 0.717) is 24.8 Å². The largest absolute Gasteiger partial charge is 0.466 e. The monoisotopic (exact) mass is 548 g/mol.